The van der Waals surface area contributed by atoms with Crippen molar-refractivity contribution in [2.75, 3.05) is 31.9 Å². The summed E-state index contributed by atoms with van der Waals surface area (Å²) in [6, 6.07) is 0.466. The van der Waals surface area contributed by atoms with Crippen molar-refractivity contribution < 1.29 is 13.0 Å². The third-order valence-corrected chi connectivity index (χ3v) is 6.11. The summed E-state index contributed by atoms with van der Waals surface area (Å²) in [7, 11) is -3.84. The Morgan fingerprint density at radius 2 is 1.46 bits per heavy atom. The van der Waals surface area contributed by atoms with Gasteiger partial charge >= 0.3 is 0 Å². The minimum atomic E-state index is -3.84. The average Bonchev–Trinajstić information content (AvgIpc) is 2.61. The van der Waals surface area contributed by atoms with Gasteiger partial charge in [0.2, 0.25) is 0 Å². The monoisotopic (exact) mass is 390 g/mol. The maximum atomic E-state index is 10.9. The number of piperazine rings is 1. The van der Waals surface area contributed by atoms with E-state index in [4.69, 9.17) is 4.55 Å². The van der Waals surface area contributed by atoms with Crippen molar-refractivity contribution in [3.63, 3.8) is 0 Å². The molecule has 6 heteroatoms. The molecule has 0 bridgehead atoms. The number of rotatable bonds is 16. The van der Waals surface area contributed by atoms with Gasteiger partial charge in [0.05, 0.1) is 5.75 Å². The van der Waals surface area contributed by atoms with E-state index < -0.39 is 10.1 Å². The molecule has 0 aromatic heterocycles. The van der Waals surface area contributed by atoms with Gasteiger partial charge in [-0.1, -0.05) is 84.0 Å². The summed E-state index contributed by atoms with van der Waals surface area (Å²) in [5, 5.41) is 3.53. The van der Waals surface area contributed by atoms with E-state index in [1.165, 1.54) is 83.5 Å². The molecule has 1 heterocycles. The Balaban J connectivity index is 1.91. The molecule has 156 valence electrons. The molecule has 0 radical (unpaired) electrons. The minimum absolute atomic E-state index is 0.154. The molecule has 0 amide bonds. The zero-order valence-corrected chi connectivity index (χ0v) is 17.7. The Morgan fingerprint density at radius 3 is 2.00 bits per heavy atom. The smallest absolute Gasteiger partial charge is 0.266 e. The van der Waals surface area contributed by atoms with Gasteiger partial charge in [-0.25, -0.2) is 0 Å². The highest BCUT2D eigenvalue weighted by atomic mass is 32.2. The van der Waals surface area contributed by atoms with Crippen LogP contribution in [0.4, 0.5) is 0 Å². The normalized spacial score (nSPS) is 19.1. The summed E-state index contributed by atoms with van der Waals surface area (Å²) in [4.78, 5) is 2.15. The van der Waals surface area contributed by atoms with Gasteiger partial charge in [-0.05, 0) is 6.42 Å². The predicted octanol–water partition coefficient (Wildman–Crippen LogP) is 4.24. The molecule has 1 aliphatic heterocycles. The van der Waals surface area contributed by atoms with Crippen molar-refractivity contribution >= 4 is 10.1 Å². The molecule has 0 saturated carbocycles. The summed E-state index contributed by atoms with van der Waals surface area (Å²) in [5.41, 5.74) is 0. The first kappa shape index (κ1) is 23.9. The number of nitrogens with zero attached hydrogens (tertiary/aromatic N) is 1. The van der Waals surface area contributed by atoms with Crippen LogP contribution in [0.2, 0.25) is 0 Å². The van der Waals surface area contributed by atoms with E-state index in [-0.39, 0.29) is 5.75 Å². The van der Waals surface area contributed by atoms with Gasteiger partial charge in [0.1, 0.15) is 0 Å². The molecule has 0 aromatic carbocycles. The van der Waals surface area contributed by atoms with Gasteiger partial charge in [-0.15, -0.1) is 0 Å². The van der Waals surface area contributed by atoms with Gasteiger partial charge in [-0.2, -0.15) is 8.42 Å². The van der Waals surface area contributed by atoms with Crippen LogP contribution in [0, 0.1) is 0 Å². The Kier molecular flexibility index (Phi) is 13.6. The molecule has 1 rings (SSSR count). The fraction of sp³-hybridized carbons (Fsp3) is 1.00. The number of hydrogen-bond acceptors (Lipinski definition) is 4. The maximum absolute atomic E-state index is 10.9. The minimum Gasteiger partial charge on any atom is -0.311 e. The molecule has 1 atom stereocenters. The van der Waals surface area contributed by atoms with Crippen molar-refractivity contribution in [2.45, 2.75) is 96.4 Å². The van der Waals surface area contributed by atoms with E-state index in [0.717, 1.165) is 19.6 Å². The SMILES string of the molecule is CCCCCCCCCCCCCCC1CN(CCS(=O)(=O)O)CCN1. The second-order valence-corrected chi connectivity index (χ2v) is 9.49. The van der Waals surface area contributed by atoms with Crippen molar-refractivity contribution in [3.8, 4) is 0 Å². The van der Waals surface area contributed by atoms with Crippen LogP contribution in [0.15, 0.2) is 0 Å². The molecule has 0 aliphatic carbocycles. The number of nitrogens with one attached hydrogen (secondary N) is 1. The average molecular weight is 391 g/mol. The molecular formula is C20H42N2O3S. The lowest BCUT2D eigenvalue weighted by atomic mass is 10.0. The quantitative estimate of drug-likeness (QED) is 0.305. The Bertz CT molecular complexity index is 429. The highest BCUT2D eigenvalue weighted by molar-refractivity contribution is 7.85. The lowest BCUT2D eigenvalue weighted by Gasteiger charge is -2.33. The molecular weight excluding hydrogens is 348 g/mol. The summed E-state index contributed by atoms with van der Waals surface area (Å²) in [6.45, 7) is 5.38. The predicted molar refractivity (Wildman–Crippen MR) is 110 cm³/mol. The van der Waals surface area contributed by atoms with E-state index in [1.807, 2.05) is 0 Å². The number of hydrogen-bond donors (Lipinski definition) is 2. The summed E-state index contributed by atoms with van der Waals surface area (Å²) in [6.07, 6.45) is 17.6. The maximum Gasteiger partial charge on any atom is 0.266 e. The van der Waals surface area contributed by atoms with Crippen LogP contribution < -0.4 is 5.32 Å². The van der Waals surface area contributed by atoms with E-state index >= 15 is 0 Å². The Hall–Kier alpha value is -0.170. The fourth-order valence-corrected chi connectivity index (χ4v) is 4.26. The van der Waals surface area contributed by atoms with Crippen LogP contribution >= 0.6 is 0 Å². The molecule has 5 nitrogen and oxygen atoms in total. The van der Waals surface area contributed by atoms with Crippen LogP contribution in [0.5, 0.6) is 0 Å². The molecule has 1 aliphatic rings. The first-order valence-corrected chi connectivity index (χ1v) is 12.5. The van der Waals surface area contributed by atoms with Crippen LogP contribution in [-0.2, 0) is 10.1 Å². The van der Waals surface area contributed by atoms with E-state index in [1.54, 1.807) is 0 Å². The summed E-state index contributed by atoms with van der Waals surface area (Å²) < 4.78 is 30.6. The van der Waals surface area contributed by atoms with Gasteiger partial charge < -0.3 is 5.32 Å². The van der Waals surface area contributed by atoms with Crippen LogP contribution in [0.25, 0.3) is 0 Å². The molecule has 1 saturated heterocycles. The van der Waals surface area contributed by atoms with Gasteiger partial charge in [-0.3, -0.25) is 9.45 Å². The zero-order chi connectivity index (χ0) is 19.1. The molecule has 0 aromatic rings. The second kappa shape index (κ2) is 14.8. The third-order valence-electron chi connectivity index (χ3n) is 5.41. The molecule has 2 N–H and O–H groups in total. The first-order valence-electron chi connectivity index (χ1n) is 10.9. The molecule has 1 unspecified atom stereocenters. The topological polar surface area (TPSA) is 69.6 Å². The van der Waals surface area contributed by atoms with Crippen molar-refractivity contribution in [2.24, 2.45) is 0 Å². The molecule has 1 fully saturated rings. The Morgan fingerprint density at radius 1 is 0.923 bits per heavy atom. The second-order valence-electron chi connectivity index (χ2n) is 7.92. The largest absolute Gasteiger partial charge is 0.311 e. The van der Waals surface area contributed by atoms with Crippen LogP contribution in [-0.4, -0.2) is 55.8 Å². The lowest BCUT2D eigenvalue weighted by Crippen LogP contribution is -2.51. The van der Waals surface area contributed by atoms with E-state index in [2.05, 4.69) is 17.1 Å². The van der Waals surface area contributed by atoms with Gasteiger partial charge in [0.15, 0.2) is 0 Å². The van der Waals surface area contributed by atoms with Gasteiger partial charge in [0, 0.05) is 32.2 Å². The Labute approximate surface area is 162 Å². The zero-order valence-electron chi connectivity index (χ0n) is 16.9. The highest BCUT2D eigenvalue weighted by Crippen LogP contribution is 2.14. The standard InChI is InChI=1S/C20H42N2O3S/c1-2-3-4-5-6-7-8-9-10-11-12-13-14-20-19-22(16-15-21-20)17-18-26(23,24)25/h20-21H,2-19H2,1H3,(H,23,24,25). The van der Waals surface area contributed by atoms with Crippen LogP contribution in [0.3, 0.4) is 0 Å². The third kappa shape index (κ3) is 14.0. The van der Waals surface area contributed by atoms with Crippen molar-refractivity contribution in [3.05, 3.63) is 0 Å². The molecule has 26 heavy (non-hydrogen) atoms. The number of unbranched alkanes of at least 4 members (excludes halogenated alkanes) is 11. The summed E-state index contributed by atoms with van der Waals surface area (Å²) in [5.74, 6) is -0.154. The van der Waals surface area contributed by atoms with Gasteiger partial charge in [0.25, 0.3) is 10.1 Å². The highest BCUT2D eigenvalue weighted by Gasteiger charge is 2.19. The fourth-order valence-electron chi connectivity index (χ4n) is 3.77. The molecule has 0 spiro atoms. The summed E-state index contributed by atoms with van der Waals surface area (Å²) >= 11 is 0. The van der Waals surface area contributed by atoms with Crippen molar-refractivity contribution in [1.82, 2.24) is 10.2 Å². The first-order chi connectivity index (χ1) is 12.5. The lowest BCUT2D eigenvalue weighted by molar-refractivity contribution is 0.201. The van der Waals surface area contributed by atoms with E-state index in [0.29, 0.717) is 12.6 Å². The van der Waals surface area contributed by atoms with Crippen molar-refractivity contribution in [1.29, 1.82) is 0 Å². The van der Waals surface area contributed by atoms with Crippen LogP contribution in [0.1, 0.15) is 90.4 Å². The van der Waals surface area contributed by atoms with E-state index in [9.17, 15) is 8.42 Å².